The first-order valence-corrected chi connectivity index (χ1v) is 5.14. The average Bonchev–Trinajstić information content (AvgIpc) is 2.16. The summed E-state index contributed by atoms with van der Waals surface area (Å²) in [5.74, 6) is -0.0522. The van der Waals surface area contributed by atoms with E-state index in [1.165, 1.54) is 12.2 Å². The monoisotopic (exact) mass is 202 g/mol. The van der Waals surface area contributed by atoms with Crippen molar-refractivity contribution in [1.29, 1.82) is 0 Å². The van der Waals surface area contributed by atoms with E-state index >= 15 is 0 Å². The van der Waals surface area contributed by atoms with E-state index in [1.807, 2.05) is 32.1 Å². The van der Waals surface area contributed by atoms with Crippen molar-refractivity contribution in [2.24, 2.45) is 11.3 Å². The predicted octanol–water partition coefficient (Wildman–Crippen LogP) is 2.22. The highest BCUT2D eigenvalue weighted by molar-refractivity contribution is 6.04. The molecular formula is C13H14O2. The van der Waals surface area contributed by atoms with Gasteiger partial charge in [-0.2, -0.15) is 0 Å². The molecule has 0 bridgehead atoms. The number of hydrogen-bond donors (Lipinski definition) is 0. The minimum absolute atomic E-state index is 0.0349. The largest absolute Gasteiger partial charge is 0.295 e. The van der Waals surface area contributed by atoms with Crippen LogP contribution >= 0.6 is 0 Å². The molecule has 2 atom stereocenters. The highest BCUT2D eigenvalue weighted by Gasteiger charge is 2.45. The summed E-state index contributed by atoms with van der Waals surface area (Å²) in [6.45, 7) is 3.98. The topological polar surface area (TPSA) is 34.1 Å². The maximum atomic E-state index is 11.7. The maximum absolute atomic E-state index is 11.7. The molecule has 0 aromatic carbocycles. The molecule has 0 N–H and O–H groups in total. The van der Waals surface area contributed by atoms with Crippen LogP contribution in [0, 0.1) is 11.3 Å². The Balaban J connectivity index is 2.41. The molecule has 0 fully saturated rings. The minimum Gasteiger partial charge on any atom is -0.295 e. The number of rotatable bonds is 1. The number of hydrogen-bond acceptors (Lipinski definition) is 2. The molecule has 0 amide bonds. The van der Waals surface area contributed by atoms with Crippen LogP contribution in [0.3, 0.4) is 0 Å². The van der Waals surface area contributed by atoms with Crippen molar-refractivity contribution in [3.05, 3.63) is 36.0 Å². The first-order chi connectivity index (χ1) is 7.03. The van der Waals surface area contributed by atoms with Gasteiger partial charge in [0.25, 0.3) is 0 Å². The van der Waals surface area contributed by atoms with E-state index in [-0.39, 0.29) is 22.9 Å². The minimum atomic E-state index is -0.337. The molecule has 15 heavy (non-hydrogen) atoms. The van der Waals surface area contributed by atoms with Gasteiger partial charge in [0.1, 0.15) is 0 Å². The van der Waals surface area contributed by atoms with Gasteiger partial charge in [-0.25, -0.2) is 0 Å². The van der Waals surface area contributed by atoms with Crippen LogP contribution in [0.15, 0.2) is 36.0 Å². The molecule has 0 heterocycles. The first kappa shape index (κ1) is 10.1. The normalized spacial score (nSPS) is 33.1. The Hall–Kier alpha value is -1.44. The van der Waals surface area contributed by atoms with Crippen LogP contribution in [0.4, 0.5) is 0 Å². The van der Waals surface area contributed by atoms with Crippen LogP contribution in [0.1, 0.15) is 20.3 Å². The van der Waals surface area contributed by atoms with Gasteiger partial charge in [-0.15, -0.1) is 0 Å². The third-order valence-corrected chi connectivity index (χ3v) is 2.96. The summed E-state index contributed by atoms with van der Waals surface area (Å²) in [4.78, 5) is 23.2. The summed E-state index contributed by atoms with van der Waals surface area (Å²) in [6.07, 6.45) is 9.15. The van der Waals surface area contributed by atoms with Crippen molar-refractivity contribution in [2.75, 3.05) is 0 Å². The molecule has 2 aliphatic carbocycles. The number of carbonyl (C=O) groups excluding carboxylic acids is 2. The summed E-state index contributed by atoms with van der Waals surface area (Å²) in [5.41, 5.74) is 0.808. The number of ketones is 2. The van der Waals surface area contributed by atoms with Crippen molar-refractivity contribution in [3.63, 3.8) is 0 Å². The van der Waals surface area contributed by atoms with Crippen molar-refractivity contribution >= 4 is 11.6 Å². The molecule has 0 spiro atoms. The van der Waals surface area contributed by atoms with Gasteiger partial charge in [0, 0.05) is 11.8 Å². The van der Waals surface area contributed by atoms with Crippen LogP contribution in [-0.2, 0) is 9.59 Å². The Morgan fingerprint density at radius 2 is 2.13 bits per heavy atom. The van der Waals surface area contributed by atoms with Crippen molar-refractivity contribution < 1.29 is 9.59 Å². The van der Waals surface area contributed by atoms with Crippen LogP contribution < -0.4 is 0 Å². The standard InChI is InChI=1S/C13H14O2/c1-9(2)7-13-6-5-11(13)12(15)4-3-10(14)8-13/h3-7,11H,8H2,1-2H3. The fourth-order valence-electron chi connectivity index (χ4n) is 2.33. The highest BCUT2D eigenvalue weighted by atomic mass is 16.1. The van der Waals surface area contributed by atoms with Crippen molar-refractivity contribution in [2.45, 2.75) is 20.3 Å². The highest BCUT2D eigenvalue weighted by Crippen LogP contribution is 2.46. The lowest BCUT2D eigenvalue weighted by molar-refractivity contribution is -0.120. The smallest absolute Gasteiger partial charge is 0.163 e. The zero-order valence-electron chi connectivity index (χ0n) is 8.99. The molecule has 2 rings (SSSR count). The third-order valence-electron chi connectivity index (χ3n) is 2.96. The lowest BCUT2D eigenvalue weighted by Crippen LogP contribution is -2.37. The van der Waals surface area contributed by atoms with E-state index in [2.05, 4.69) is 0 Å². The Labute approximate surface area is 89.4 Å². The molecule has 0 saturated carbocycles. The molecule has 2 aliphatic rings. The summed E-state index contributed by atoms with van der Waals surface area (Å²) in [6, 6.07) is 0. The van der Waals surface area contributed by atoms with Crippen LogP contribution in [0.5, 0.6) is 0 Å². The Morgan fingerprint density at radius 1 is 1.40 bits per heavy atom. The Morgan fingerprint density at radius 3 is 2.67 bits per heavy atom. The van der Waals surface area contributed by atoms with Crippen LogP contribution in [0.2, 0.25) is 0 Å². The zero-order valence-corrected chi connectivity index (χ0v) is 8.99. The Kier molecular flexibility index (Phi) is 2.22. The van der Waals surface area contributed by atoms with Gasteiger partial charge in [-0.1, -0.05) is 23.8 Å². The van der Waals surface area contributed by atoms with Crippen molar-refractivity contribution in [3.8, 4) is 0 Å². The summed E-state index contributed by atoms with van der Waals surface area (Å²) in [7, 11) is 0. The number of fused-ring (bicyclic) bond motifs is 1. The third kappa shape index (κ3) is 1.60. The van der Waals surface area contributed by atoms with E-state index in [4.69, 9.17) is 0 Å². The molecular weight excluding hydrogens is 188 g/mol. The molecule has 0 saturated heterocycles. The molecule has 2 heteroatoms. The average molecular weight is 202 g/mol. The van der Waals surface area contributed by atoms with Gasteiger partial charge in [0.2, 0.25) is 0 Å². The van der Waals surface area contributed by atoms with Gasteiger partial charge in [0.15, 0.2) is 11.6 Å². The molecule has 0 aliphatic heterocycles. The SMILES string of the molecule is CC(C)=CC12C=CC1C(=O)C=CC(=O)C2. The van der Waals surface area contributed by atoms with Gasteiger partial charge < -0.3 is 0 Å². The lowest BCUT2D eigenvalue weighted by Gasteiger charge is -2.39. The second kappa shape index (κ2) is 3.30. The molecule has 2 unspecified atom stereocenters. The van der Waals surface area contributed by atoms with E-state index in [0.717, 1.165) is 5.57 Å². The van der Waals surface area contributed by atoms with Crippen molar-refractivity contribution in [1.82, 2.24) is 0 Å². The van der Waals surface area contributed by atoms with E-state index in [9.17, 15) is 9.59 Å². The summed E-state index contributed by atoms with van der Waals surface area (Å²) < 4.78 is 0. The van der Waals surface area contributed by atoms with E-state index < -0.39 is 0 Å². The van der Waals surface area contributed by atoms with Crippen LogP contribution in [-0.4, -0.2) is 11.6 Å². The van der Waals surface area contributed by atoms with E-state index in [0.29, 0.717) is 6.42 Å². The van der Waals surface area contributed by atoms with E-state index in [1.54, 1.807) is 0 Å². The first-order valence-electron chi connectivity index (χ1n) is 5.14. The maximum Gasteiger partial charge on any atom is 0.163 e. The molecule has 2 nitrogen and oxygen atoms in total. The second-order valence-electron chi connectivity index (χ2n) is 4.55. The molecule has 0 aromatic heterocycles. The fourth-order valence-corrected chi connectivity index (χ4v) is 2.33. The summed E-state index contributed by atoms with van der Waals surface area (Å²) in [5, 5.41) is 0. The lowest BCUT2D eigenvalue weighted by atomic mass is 9.63. The van der Waals surface area contributed by atoms with Gasteiger partial charge in [-0.3, -0.25) is 9.59 Å². The second-order valence-corrected chi connectivity index (χ2v) is 4.55. The molecule has 78 valence electrons. The zero-order chi connectivity index (χ0) is 11.1. The van der Waals surface area contributed by atoms with Crippen LogP contribution in [0.25, 0.3) is 0 Å². The molecule has 0 radical (unpaired) electrons. The summed E-state index contributed by atoms with van der Waals surface area (Å²) >= 11 is 0. The quantitative estimate of drug-likeness (QED) is 0.611. The van der Waals surface area contributed by atoms with Gasteiger partial charge >= 0.3 is 0 Å². The fraction of sp³-hybridized carbons (Fsp3) is 0.385. The molecule has 0 aromatic rings. The number of allylic oxidation sites excluding steroid dienone is 6. The Bertz CT molecular complexity index is 408. The van der Waals surface area contributed by atoms with Gasteiger partial charge in [0.05, 0.1) is 5.92 Å². The number of carbonyl (C=O) groups is 2. The predicted molar refractivity (Wildman–Crippen MR) is 58.3 cm³/mol. The van der Waals surface area contributed by atoms with Gasteiger partial charge in [-0.05, 0) is 26.0 Å².